The van der Waals surface area contributed by atoms with Gasteiger partial charge in [-0.05, 0) is 44.6 Å². The zero-order valence-corrected chi connectivity index (χ0v) is 12.3. The second-order valence-electron chi connectivity index (χ2n) is 7.48. The van der Waals surface area contributed by atoms with Gasteiger partial charge >= 0.3 is 0 Å². The van der Waals surface area contributed by atoms with Crippen molar-refractivity contribution in [2.45, 2.75) is 70.5 Å². The van der Waals surface area contributed by atoms with E-state index >= 15 is 0 Å². The minimum Gasteiger partial charge on any atom is -0.303 e. The van der Waals surface area contributed by atoms with Crippen molar-refractivity contribution in [1.82, 2.24) is 10.2 Å². The van der Waals surface area contributed by atoms with Gasteiger partial charge in [0, 0.05) is 18.6 Å². The SMILES string of the molecule is CN(CC(C)(C)C)C1CCC(C#N)(NC2CC2)C1. The Hall–Kier alpha value is -0.590. The standard InChI is InChI=1S/C15H27N3/c1-14(2,3)11-18(4)13-7-8-15(9-13,10-16)17-12-5-6-12/h12-13,17H,5-9,11H2,1-4H3. The molecule has 3 nitrogen and oxygen atoms in total. The van der Waals surface area contributed by atoms with Crippen LogP contribution < -0.4 is 5.32 Å². The van der Waals surface area contributed by atoms with Crippen molar-refractivity contribution in [3.63, 3.8) is 0 Å². The molecule has 102 valence electrons. The van der Waals surface area contributed by atoms with E-state index in [2.05, 4.69) is 44.1 Å². The lowest BCUT2D eigenvalue weighted by Crippen LogP contribution is -2.45. The number of hydrogen-bond donors (Lipinski definition) is 1. The van der Waals surface area contributed by atoms with E-state index in [-0.39, 0.29) is 5.54 Å². The monoisotopic (exact) mass is 249 g/mol. The lowest BCUT2D eigenvalue weighted by Gasteiger charge is -2.32. The Morgan fingerprint density at radius 2 is 2.00 bits per heavy atom. The average Bonchev–Trinajstić information content (AvgIpc) is 2.93. The summed E-state index contributed by atoms with van der Waals surface area (Å²) in [6, 6.07) is 3.75. The summed E-state index contributed by atoms with van der Waals surface area (Å²) < 4.78 is 0. The molecule has 3 heteroatoms. The first-order valence-corrected chi connectivity index (χ1v) is 7.23. The Morgan fingerprint density at radius 3 is 2.50 bits per heavy atom. The van der Waals surface area contributed by atoms with Gasteiger partial charge in [-0.1, -0.05) is 20.8 Å². The van der Waals surface area contributed by atoms with Gasteiger partial charge in [-0.15, -0.1) is 0 Å². The molecule has 0 heterocycles. The molecule has 0 aromatic carbocycles. The molecule has 0 spiro atoms. The Bertz CT molecular complexity index is 335. The minimum absolute atomic E-state index is 0.238. The van der Waals surface area contributed by atoms with Gasteiger partial charge in [0.05, 0.1) is 6.07 Å². The molecule has 2 aliphatic rings. The summed E-state index contributed by atoms with van der Waals surface area (Å²) in [5.74, 6) is 0. The van der Waals surface area contributed by atoms with Crippen molar-refractivity contribution in [1.29, 1.82) is 5.26 Å². The smallest absolute Gasteiger partial charge is 0.108 e. The van der Waals surface area contributed by atoms with E-state index in [0.717, 1.165) is 25.8 Å². The summed E-state index contributed by atoms with van der Waals surface area (Å²) in [5, 5.41) is 13.1. The van der Waals surface area contributed by atoms with Gasteiger partial charge in [0.25, 0.3) is 0 Å². The minimum atomic E-state index is -0.238. The van der Waals surface area contributed by atoms with Gasteiger partial charge < -0.3 is 4.90 Å². The number of nitrogens with one attached hydrogen (secondary N) is 1. The normalized spacial score (nSPS) is 32.8. The van der Waals surface area contributed by atoms with Crippen LogP contribution in [0.5, 0.6) is 0 Å². The zero-order valence-electron chi connectivity index (χ0n) is 12.3. The molecule has 2 atom stereocenters. The van der Waals surface area contributed by atoms with Crippen LogP contribution in [-0.2, 0) is 0 Å². The quantitative estimate of drug-likeness (QED) is 0.832. The van der Waals surface area contributed by atoms with Crippen LogP contribution in [0.1, 0.15) is 52.9 Å². The number of rotatable bonds is 4. The van der Waals surface area contributed by atoms with Gasteiger partial charge in [0.2, 0.25) is 0 Å². The van der Waals surface area contributed by atoms with E-state index in [1.807, 2.05) is 0 Å². The van der Waals surface area contributed by atoms with Gasteiger partial charge in [0.1, 0.15) is 5.54 Å². The average molecular weight is 249 g/mol. The molecule has 2 saturated carbocycles. The maximum absolute atomic E-state index is 9.49. The van der Waals surface area contributed by atoms with Crippen LogP contribution >= 0.6 is 0 Å². The van der Waals surface area contributed by atoms with Crippen molar-refractivity contribution in [3.05, 3.63) is 0 Å². The van der Waals surface area contributed by atoms with E-state index in [1.165, 1.54) is 12.8 Å². The fraction of sp³-hybridized carbons (Fsp3) is 0.933. The molecule has 2 fully saturated rings. The number of hydrogen-bond acceptors (Lipinski definition) is 3. The van der Waals surface area contributed by atoms with Crippen LogP contribution in [0.2, 0.25) is 0 Å². The van der Waals surface area contributed by atoms with E-state index in [0.29, 0.717) is 17.5 Å². The zero-order chi connectivity index (χ0) is 13.4. The molecule has 1 N–H and O–H groups in total. The van der Waals surface area contributed by atoms with Crippen molar-refractivity contribution in [2.75, 3.05) is 13.6 Å². The predicted octanol–water partition coefficient (Wildman–Crippen LogP) is 2.53. The van der Waals surface area contributed by atoms with Gasteiger partial charge in [-0.25, -0.2) is 0 Å². The summed E-state index contributed by atoms with van der Waals surface area (Å²) in [6.07, 6.45) is 5.67. The molecule has 2 rings (SSSR count). The van der Waals surface area contributed by atoms with Crippen molar-refractivity contribution < 1.29 is 0 Å². The number of nitriles is 1. The van der Waals surface area contributed by atoms with E-state index < -0.39 is 0 Å². The Kier molecular flexibility index (Phi) is 3.71. The summed E-state index contributed by atoms with van der Waals surface area (Å²) in [6.45, 7) is 7.93. The van der Waals surface area contributed by atoms with E-state index in [1.54, 1.807) is 0 Å². The molecule has 0 aliphatic heterocycles. The highest BCUT2D eigenvalue weighted by Gasteiger charge is 2.44. The van der Waals surface area contributed by atoms with Crippen molar-refractivity contribution >= 4 is 0 Å². The molecule has 2 unspecified atom stereocenters. The fourth-order valence-corrected chi connectivity index (χ4v) is 3.16. The van der Waals surface area contributed by atoms with Crippen LogP contribution in [-0.4, -0.2) is 36.1 Å². The molecule has 0 aromatic heterocycles. The Morgan fingerprint density at radius 1 is 1.33 bits per heavy atom. The van der Waals surface area contributed by atoms with Crippen LogP contribution in [0.3, 0.4) is 0 Å². The van der Waals surface area contributed by atoms with Gasteiger partial charge in [-0.2, -0.15) is 5.26 Å². The Labute approximate surface area is 112 Å². The number of nitrogens with zero attached hydrogens (tertiary/aromatic N) is 2. The van der Waals surface area contributed by atoms with Crippen LogP contribution in [0.4, 0.5) is 0 Å². The summed E-state index contributed by atoms with van der Waals surface area (Å²) >= 11 is 0. The van der Waals surface area contributed by atoms with Crippen LogP contribution in [0.15, 0.2) is 0 Å². The lowest BCUT2D eigenvalue weighted by atomic mass is 9.94. The first kappa shape index (κ1) is 13.8. The molecular weight excluding hydrogens is 222 g/mol. The third-order valence-electron chi connectivity index (χ3n) is 4.11. The van der Waals surface area contributed by atoms with E-state index in [4.69, 9.17) is 0 Å². The topological polar surface area (TPSA) is 39.1 Å². The highest BCUT2D eigenvalue weighted by molar-refractivity contribution is 5.15. The highest BCUT2D eigenvalue weighted by atomic mass is 15.2. The summed E-state index contributed by atoms with van der Waals surface area (Å²) in [7, 11) is 2.21. The largest absolute Gasteiger partial charge is 0.303 e. The van der Waals surface area contributed by atoms with Crippen LogP contribution in [0, 0.1) is 16.7 Å². The molecule has 0 amide bonds. The molecule has 0 saturated heterocycles. The maximum atomic E-state index is 9.49. The molecule has 18 heavy (non-hydrogen) atoms. The van der Waals surface area contributed by atoms with Crippen molar-refractivity contribution in [2.24, 2.45) is 5.41 Å². The predicted molar refractivity (Wildman–Crippen MR) is 74.2 cm³/mol. The molecule has 0 aromatic rings. The first-order chi connectivity index (χ1) is 8.34. The van der Waals surface area contributed by atoms with Crippen LogP contribution in [0.25, 0.3) is 0 Å². The Balaban J connectivity index is 1.91. The van der Waals surface area contributed by atoms with Gasteiger partial charge in [-0.3, -0.25) is 5.32 Å². The second-order valence-corrected chi connectivity index (χ2v) is 7.48. The molecular formula is C15H27N3. The summed E-state index contributed by atoms with van der Waals surface area (Å²) in [5.41, 5.74) is 0.0918. The lowest BCUT2D eigenvalue weighted by molar-refractivity contribution is 0.169. The fourth-order valence-electron chi connectivity index (χ4n) is 3.16. The van der Waals surface area contributed by atoms with Crippen molar-refractivity contribution in [3.8, 4) is 6.07 Å². The maximum Gasteiger partial charge on any atom is 0.108 e. The highest BCUT2D eigenvalue weighted by Crippen LogP contribution is 2.36. The second kappa shape index (κ2) is 4.83. The molecule has 0 bridgehead atoms. The third kappa shape index (κ3) is 3.46. The van der Waals surface area contributed by atoms with E-state index in [9.17, 15) is 5.26 Å². The summed E-state index contributed by atoms with van der Waals surface area (Å²) in [4.78, 5) is 2.45. The molecule has 2 aliphatic carbocycles. The third-order valence-corrected chi connectivity index (χ3v) is 4.11. The molecule has 0 radical (unpaired) electrons. The van der Waals surface area contributed by atoms with Gasteiger partial charge in [0.15, 0.2) is 0 Å². The first-order valence-electron chi connectivity index (χ1n) is 7.23.